The van der Waals surface area contributed by atoms with Gasteiger partial charge in [-0.05, 0) is 46.0 Å². The Kier molecular flexibility index (Phi) is 5.82. The zero-order chi connectivity index (χ0) is 13.5. The molecule has 1 aromatic rings. The van der Waals surface area contributed by atoms with Gasteiger partial charge in [0, 0.05) is 11.7 Å². The number of nitrogens with zero attached hydrogens (tertiary/aromatic N) is 1. The molecule has 2 atom stereocenters. The monoisotopic (exact) mass is 249 g/mol. The molecule has 100 valence electrons. The molecule has 1 rings (SSSR count). The summed E-state index contributed by atoms with van der Waals surface area (Å²) in [6.45, 7) is 4.63. The molecule has 0 aliphatic heterocycles. The third-order valence-electron chi connectivity index (χ3n) is 3.31. The van der Waals surface area contributed by atoms with Crippen molar-refractivity contribution in [1.82, 2.24) is 4.90 Å². The number of hydrogen-bond donors (Lipinski definition) is 2. The maximum Gasteiger partial charge on any atom is 0.241 e. The summed E-state index contributed by atoms with van der Waals surface area (Å²) in [5.41, 5.74) is 6.37. The fourth-order valence-electron chi connectivity index (χ4n) is 1.78. The van der Waals surface area contributed by atoms with E-state index in [1.165, 1.54) is 0 Å². The van der Waals surface area contributed by atoms with E-state index >= 15 is 0 Å². The van der Waals surface area contributed by atoms with Gasteiger partial charge in [-0.15, -0.1) is 0 Å². The zero-order valence-corrected chi connectivity index (χ0v) is 11.4. The Morgan fingerprint density at radius 3 is 2.50 bits per heavy atom. The second-order valence-electron chi connectivity index (χ2n) is 4.62. The molecule has 3 N–H and O–H groups in total. The van der Waals surface area contributed by atoms with Crippen LogP contribution in [0.3, 0.4) is 0 Å². The average molecular weight is 249 g/mol. The SMILES string of the molecule is CC(CCN)N(C)C(C)C(=O)Nc1ccccc1. The van der Waals surface area contributed by atoms with Crippen molar-refractivity contribution in [3.05, 3.63) is 30.3 Å². The molecule has 0 spiro atoms. The van der Waals surface area contributed by atoms with Crippen LogP contribution >= 0.6 is 0 Å². The van der Waals surface area contributed by atoms with Crippen LogP contribution in [-0.4, -0.2) is 36.5 Å². The Morgan fingerprint density at radius 2 is 1.94 bits per heavy atom. The van der Waals surface area contributed by atoms with Gasteiger partial charge in [0.2, 0.25) is 5.91 Å². The minimum Gasteiger partial charge on any atom is -0.330 e. The van der Waals surface area contributed by atoms with Crippen molar-refractivity contribution in [2.24, 2.45) is 5.73 Å². The van der Waals surface area contributed by atoms with Gasteiger partial charge < -0.3 is 11.1 Å². The lowest BCUT2D eigenvalue weighted by atomic mass is 10.1. The quantitative estimate of drug-likeness (QED) is 0.806. The summed E-state index contributed by atoms with van der Waals surface area (Å²) in [7, 11) is 1.95. The minimum absolute atomic E-state index is 0.00701. The molecule has 0 aromatic heterocycles. The number of carbonyl (C=O) groups is 1. The highest BCUT2D eigenvalue weighted by Crippen LogP contribution is 2.10. The van der Waals surface area contributed by atoms with Crippen LogP contribution in [-0.2, 0) is 4.79 Å². The summed E-state index contributed by atoms with van der Waals surface area (Å²) in [6, 6.07) is 9.62. The third kappa shape index (κ3) is 4.13. The number of anilines is 1. The molecule has 4 nitrogen and oxygen atoms in total. The normalized spacial score (nSPS) is 14.3. The molecule has 18 heavy (non-hydrogen) atoms. The second kappa shape index (κ2) is 7.13. The molecular formula is C14H23N3O. The Hall–Kier alpha value is -1.39. The van der Waals surface area contributed by atoms with Crippen molar-refractivity contribution in [2.45, 2.75) is 32.4 Å². The van der Waals surface area contributed by atoms with E-state index in [-0.39, 0.29) is 11.9 Å². The van der Waals surface area contributed by atoms with E-state index in [0.717, 1.165) is 12.1 Å². The van der Waals surface area contributed by atoms with Crippen LogP contribution in [0, 0.1) is 0 Å². The van der Waals surface area contributed by atoms with E-state index in [0.29, 0.717) is 12.6 Å². The van der Waals surface area contributed by atoms with E-state index < -0.39 is 0 Å². The number of hydrogen-bond acceptors (Lipinski definition) is 3. The summed E-state index contributed by atoms with van der Waals surface area (Å²) in [5, 5.41) is 2.91. The largest absolute Gasteiger partial charge is 0.330 e. The van der Waals surface area contributed by atoms with Gasteiger partial charge in [-0.2, -0.15) is 0 Å². The summed E-state index contributed by atoms with van der Waals surface area (Å²) in [5.74, 6) is 0.00701. The average Bonchev–Trinajstić information content (AvgIpc) is 2.38. The van der Waals surface area contributed by atoms with Crippen molar-refractivity contribution in [3.63, 3.8) is 0 Å². The molecule has 1 amide bonds. The lowest BCUT2D eigenvalue weighted by Crippen LogP contribution is -2.44. The van der Waals surface area contributed by atoms with Crippen LogP contribution in [0.25, 0.3) is 0 Å². The van der Waals surface area contributed by atoms with Gasteiger partial charge in [0.05, 0.1) is 6.04 Å². The lowest BCUT2D eigenvalue weighted by molar-refractivity contribution is -0.121. The highest BCUT2D eigenvalue weighted by Gasteiger charge is 2.21. The topological polar surface area (TPSA) is 58.4 Å². The van der Waals surface area contributed by atoms with Crippen LogP contribution < -0.4 is 11.1 Å². The molecule has 1 aromatic carbocycles. The number of nitrogens with one attached hydrogen (secondary N) is 1. The molecule has 0 heterocycles. The number of carbonyl (C=O) groups excluding carboxylic acids is 1. The standard InChI is InChI=1S/C14H23N3O/c1-11(9-10-15)17(3)12(2)14(18)16-13-7-5-4-6-8-13/h4-8,11-12H,9-10,15H2,1-3H3,(H,16,18). The van der Waals surface area contributed by atoms with Crippen LogP contribution in [0.15, 0.2) is 30.3 Å². The molecule has 4 heteroatoms. The van der Waals surface area contributed by atoms with Gasteiger partial charge >= 0.3 is 0 Å². The van der Waals surface area contributed by atoms with E-state index in [2.05, 4.69) is 12.2 Å². The summed E-state index contributed by atoms with van der Waals surface area (Å²) >= 11 is 0. The lowest BCUT2D eigenvalue weighted by Gasteiger charge is -2.29. The number of rotatable bonds is 6. The third-order valence-corrected chi connectivity index (χ3v) is 3.31. The Morgan fingerprint density at radius 1 is 1.33 bits per heavy atom. The van der Waals surface area contributed by atoms with Crippen molar-refractivity contribution in [1.29, 1.82) is 0 Å². The highest BCUT2D eigenvalue weighted by atomic mass is 16.2. The first kappa shape index (κ1) is 14.7. The first-order valence-electron chi connectivity index (χ1n) is 6.34. The Bertz CT molecular complexity index is 367. The molecule has 0 fully saturated rings. The van der Waals surface area contributed by atoms with Gasteiger partial charge in [-0.3, -0.25) is 9.69 Å². The predicted molar refractivity (Wildman–Crippen MR) is 75.4 cm³/mol. The maximum atomic E-state index is 12.1. The minimum atomic E-state index is -0.174. The van der Waals surface area contributed by atoms with Gasteiger partial charge in [0.1, 0.15) is 0 Å². The summed E-state index contributed by atoms with van der Waals surface area (Å²) in [4.78, 5) is 14.1. The first-order valence-corrected chi connectivity index (χ1v) is 6.34. The van der Waals surface area contributed by atoms with Crippen molar-refractivity contribution in [2.75, 3.05) is 18.9 Å². The molecule has 0 radical (unpaired) electrons. The number of likely N-dealkylation sites (N-methyl/N-ethyl adjacent to an activating group) is 1. The molecule has 0 saturated heterocycles. The zero-order valence-electron chi connectivity index (χ0n) is 11.4. The van der Waals surface area contributed by atoms with Crippen LogP contribution in [0.1, 0.15) is 20.3 Å². The van der Waals surface area contributed by atoms with Gasteiger partial charge in [-0.25, -0.2) is 0 Å². The maximum absolute atomic E-state index is 12.1. The van der Waals surface area contributed by atoms with Gasteiger partial charge in [0.15, 0.2) is 0 Å². The Labute approximate surface area is 109 Å². The Balaban J connectivity index is 2.56. The number of amides is 1. The fraction of sp³-hybridized carbons (Fsp3) is 0.500. The molecule has 0 saturated carbocycles. The molecular weight excluding hydrogens is 226 g/mol. The molecule has 2 unspecified atom stereocenters. The summed E-state index contributed by atoms with van der Waals surface area (Å²) in [6.07, 6.45) is 0.888. The van der Waals surface area contributed by atoms with Crippen molar-refractivity contribution >= 4 is 11.6 Å². The smallest absolute Gasteiger partial charge is 0.241 e. The van der Waals surface area contributed by atoms with Crippen LogP contribution in [0.4, 0.5) is 5.69 Å². The molecule has 0 bridgehead atoms. The van der Waals surface area contributed by atoms with Crippen LogP contribution in [0.5, 0.6) is 0 Å². The van der Waals surface area contributed by atoms with Gasteiger partial charge in [0.25, 0.3) is 0 Å². The number of para-hydroxylation sites is 1. The van der Waals surface area contributed by atoms with Crippen molar-refractivity contribution in [3.8, 4) is 0 Å². The van der Waals surface area contributed by atoms with Crippen LogP contribution in [0.2, 0.25) is 0 Å². The fourth-order valence-corrected chi connectivity index (χ4v) is 1.78. The number of nitrogens with two attached hydrogens (primary N) is 1. The number of benzene rings is 1. The molecule has 0 aliphatic rings. The van der Waals surface area contributed by atoms with E-state index in [1.54, 1.807) is 0 Å². The highest BCUT2D eigenvalue weighted by molar-refractivity contribution is 5.94. The van der Waals surface area contributed by atoms with Gasteiger partial charge in [-0.1, -0.05) is 18.2 Å². The predicted octanol–water partition coefficient (Wildman–Crippen LogP) is 1.68. The van der Waals surface area contributed by atoms with Crippen molar-refractivity contribution < 1.29 is 4.79 Å². The van der Waals surface area contributed by atoms with E-state index in [4.69, 9.17) is 5.73 Å². The first-order chi connectivity index (χ1) is 8.56. The van der Waals surface area contributed by atoms with E-state index in [9.17, 15) is 4.79 Å². The second-order valence-corrected chi connectivity index (χ2v) is 4.62. The van der Waals surface area contributed by atoms with E-state index in [1.807, 2.05) is 49.2 Å². The molecule has 0 aliphatic carbocycles. The summed E-state index contributed by atoms with van der Waals surface area (Å²) < 4.78 is 0.